The number of fused-ring (bicyclic) bond motifs is 1. The van der Waals surface area contributed by atoms with Gasteiger partial charge in [-0.05, 0) is 47.0 Å². The Balaban J connectivity index is 1.57. The highest BCUT2D eigenvalue weighted by atomic mass is 16.5. The molecule has 134 valence electrons. The zero-order valence-corrected chi connectivity index (χ0v) is 15.3. The summed E-state index contributed by atoms with van der Waals surface area (Å²) in [5.41, 5.74) is 6.33. The van der Waals surface area contributed by atoms with Crippen LogP contribution in [0.4, 0.5) is 11.4 Å². The number of benzene rings is 3. The van der Waals surface area contributed by atoms with Gasteiger partial charge < -0.3 is 9.47 Å². The lowest BCUT2D eigenvalue weighted by atomic mass is 10.0. The van der Waals surface area contributed by atoms with Gasteiger partial charge in [0.2, 0.25) is 0 Å². The first kappa shape index (κ1) is 17.0. The Hall–Kier alpha value is -3.40. The van der Waals surface area contributed by atoms with E-state index in [1.165, 1.54) is 11.1 Å². The molecule has 0 fully saturated rings. The molecule has 4 nitrogen and oxygen atoms in total. The van der Waals surface area contributed by atoms with E-state index in [4.69, 9.17) is 14.5 Å². The minimum Gasteiger partial charge on any atom is -0.493 e. The quantitative estimate of drug-likeness (QED) is 0.595. The maximum Gasteiger partial charge on any atom is 0.161 e. The van der Waals surface area contributed by atoms with E-state index in [0.717, 1.165) is 29.1 Å². The van der Waals surface area contributed by atoms with Gasteiger partial charge in [-0.3, -0.25) is 9.98 Å². The van der Waals surface area contributed by atoms with Gasteiger partial charge in [0.15, 0.2) is 11.5 Å². The summed E-state index contributed by atoms with van der Waals surface area (Å²) in [5, 5.41) is 0. The van der Waals surface area contributed by atoms with E-state index in [0.29, 0.717) is 11.5 Å². The molecule has 4 heteroatoms. The maximum absolute atomic E-state index is 5.34. The summed E-state index contributed by atoms with van der Waals surface area (Å²) in [6.07, 6.45) is 2.68. The van der Waals surface area contributed by atoms with Gasteiger partial charge >= 0.3 is 0 Å². The van der Waals surface area contributed by atoms with Crippen molar-refractivity contribution in [1.29, 1.82) is 0 Å². The van der Waals surface area contributed by atoms with Crippen LogP contribution in [0, 0.1) is 0 Å². The normalized spacial score (nSPS) is 12.7. The number of hydrogen-bond donors (Lipinski definition) is 0. The highest BCUT2D eigenvalue weighted by Gasteiger charge is 2.16. The van der Waals surface area contributed by atoms with Crippen LogP contribution < -0.4 is 9.47 Å². The van der Waals surface area contributed by atoms with Crippen LogP contribution >= 0.6 is 0 Å². The van der Waals surface area contributed by atoms with Crippen LogP contribution in [-0.4, -0.2) is 26.1 Å². The third-order valence-electron chi connectivity index (χ3n) is 4.56. The van der Waals surface area contributed by atoms with Gasteiger partial charge in [0, 0.05) is 12.6 Å². The van der Waals surface area contributed by atoms with Crippen molar-refractivity contribution in [3.05, 3.63) is 83.4 Å². The van der Waals surface area contributed by atoms with Crippen LogP contribution in [0.2, 0.25) is 0 Å². The van der Waals surface area contributed by atoms with Gasteiger partial charge in [0.05, 0.1) is 31.3 Å². The van der Waals surface area contributed by atoms with Crippen LogP contribution in [0.25, 0.3) is 0 Å². The average molecular weight is 356 g/mol. The Morgan fingerprint density at radius 1 is 0.889 bits per heavy atom. The third kappa shape index (κ3) is 3.60. The predicted molar refractivity (Wildman–Crippen MR) is 110 cm³/mol. The summed E-state index contributed by atoms with van der Waals surface area (Å²) in [5.74, 6) is 1.39. The number of ether oxygens (including phenoxy) is 2. The molecule has 0 amide bonds. The minimum atomic E-state index is 0.688. The first-order valence-electron chi connectivity index (χ1n) is 8.79. The van der Waals surface area contributed by atoms with Gasteiger partial charge in [-0.1, -0.05) is 36.4 Å². The van der Waals surface area contributed by atoms with E-state index in [1.807, 2.05) is 54.7 Å². The van der Waals surface area contributed by atoms with Gasteiger partial charge in [-0.25, -0.2) is 0 Å². The summed E-state index contributed by atoms with van der Waals surface area (Å²) in [7, 11) is 3.25. The van der Waals surface area contributed by atoms with Crippen molar-refractivity contribution in [2.45, 2.75) is 6.42 Å². The zero-order valence-electron chi connectivity index (χ0n) is 15.3. The number of methoxy groups -OCH3 is 2. The largest absolute Gasteiger partial charge is 0.493 e. The summed E-state index contributed by atoms with van der Waals surface area (Å²) >= 11 is 0. The summed E-state index contributed by atoms with van der Waals surface area (Å²) in [6.45, 7) is 0. The molecule has 0 N–H and O–H groups in total. The van der Waals surface area contributed by atoms with Crippen molar-refractivity contribution in [1.82, 2.24) is 0 Å². The standard InChI is InChI=1S/C23H20N2O2/c1-26-22-11-8-16(12-23(22)27-2)15-24-19-10-9-18-13-20(25-21(18)14-19)17-6-4-3-5-7-17/h3-12,14-15H,13H2,1-2H3. The number of hydrogen-bond acceptors (Lipinski definition) is 4. The van der Waals surface area contributed by atoms with Crippen molar-refractivity contribution < 1.29 is 9.47 Å². The second-order valence-corrected chi connectivity index (χ2v) is 6.29. The van der Waals surface area contributed by atoms with Crippen LogP contribution in [0.15, 0.2) is 76.7 Å². The maximum atomic E-state index is 5.34. The van der Waals surface area contributed by atoms with E-state index in [1.54, 1.807) is 14.2 Å². The average Bonchev–Trinajstić information content (AvgIpc) is 3.16. The van der Waals surface area contributed by atoms with Crippen molar-refractivity contribution in [2.24, 2.45) is 9.98 Å². The SMILES string of the molecule is COc1ccc(C=Nc2ccc3c(c2)N=C(c2ccccc2)C3)cc1OC. The minimum absolute atomic E-state index is 0.688. The number of nitrogens with zero attached hydrogens (tertiary/aromatic N) is 2. The lowest BCUT2D eigenvalue weighted by molar-refractivity contribution is 0.355. The fraction of sp³-hybridized carbons (Fsp3) is 0.130. The van der Waals surface area contributed by atoms with E-state index < -0.39 is 0 Å². The van der Waals surface area contributed by atoms with Gasteiger partial charge in [0.25, 0.3) is 0 Å². The van der Waals surface area contributed by atoms with Gasteiger partial charge in [-0.2, -0.15) is 0 Å². The number of aliphatic imine (C=N–C) groups is 2. The van der Waals surface area contributed by atoms with Crippen molar-refractivity contribution in [3.63, 3.8) is 0 Å². The van der Waals surface area contributed by atoms with Crippen LogP contribution in [0.3, 0.4) is 0 Å². The molecule has 0 radical (unpaired) electrons. The van der Waals surface area contributed by atoms with Crippen molar-refractivity contribution in [2.75, 3.05) is 14.2 Å². The molecular formula is C23H20N2O2. The van der Waals surface area contributed by atoms with Crippen LogP contribution in [0.5, 0.6) is 11.5 Å². The molecule has 4 rings (SSSR count). The fourth-order valence-electron chi connectivity index (χ4n) is 3.13. The van der Waals surface area contributed by atoms with Crippen molar-refractivity contribution in [3.8, 4) is 11.5 Å². The Kier molecular flexibility index (Phi) is 4.71. The lowest BCUT2D eigenvalue weighted by Gasteiger charge is -2.07. The molecule has 0 saturated heterocycles. The predicted octanol–water partition coefficient (Wildman–Crippen LogP) is 5.13. The molecule has 27 heavy (non-hydrogen) atoms. The van der Waals surface area contributed by atoms with E-state index in [2.05, 4.69) is 23.2 Å². The first-order chi connectivity index (χ1) is 13.3. The fourth-order valence-corrected chi connectivity index (χ4v) is 3.13. The molecule has 0 aliphatic carbocycles. The smallest absolute Gasteiger partial charge is 0.161 e. The molecule has 1 heterocycles. The molecule has 0 unspecified atom stereocenters. The Labute approximate surface area is 158 Å². The summed E-state index contributed by atoms with van der Waals surface area (Å²) in [6, 6.07) is 22.2. The highest BCUT2D eigenvalue weighted by molar-refractivity contribution is 6.06. The third-order valence-corrected chi connectivity index (χ3v) is 4.56. The summed E-state index contributed by atoms with van der Waals surface area (Å²) in [4.78, 5) is 9.39. The topological polar surface area (TPSA) is 43.2 Å². The van der Waals surface area contributed by atoms with E-state index in [9.17, 15) is 0 Å². The molecule has 0 atom stereocenters. The Morgan fingerprint density at radius 2 is 1.70 bits per heavy atom. The molecule has 0 aromatic heterocycles. The zero-order chi connectivity index (χ0) is 18.6. The molecule has 0 spiro atoms. The first-order valence-corrected chi connectivity index (χ1v) is 8.79. The summed E-state index contributed by atoms with van der Waals surface area (Å²) < 4.78 is 10.6. The van der Waals surface area contributed by atoms with E-state index in [-0.39, 0.29) is 0 Å². The van der Waals surface area contributed by atoms with Crippen LogP contribution in [-0.2, 0) is 6.42 Å². The number of rotatable bonds is 5. The lowest BCUT2D eigenvalue weighted by Crippen LogP contribution is -1.99. The molecule has 3 aromatic rings. The highest BCUT2D eigenvalue weighted by Crippen LogP contribution is 2.33. The molecule has 3 aromatic carbocycles. The molecular weight excluding hydrogens is 336 g/mol. The Morgan fingerprint density at radius 3 is 2.48 bits per heavy atom. The van der Waals surface area contributed by atoms with Crippen LogP contribution in [0.1, 0.15) is 16.7 Å². The Bertz CT molecular complexity index is 1020. The molecule has 1 aliphatic rings. The van der Waals surface area contributed by atoms with Crippen molar-refractivity contribution >= 4 is 23.3 Å². The molecule has 1 aliphatic heterocycles. The van der Waals surface area contributed by atoms with Gasteiger partial charge in [-0.15, -0.1) is 0 Å². The molecule has 0 bridgehead atoms. The van der Waals surface area contributed by atoms with E-state index >= 15 is 0 Å². The molecule has 0 saturated carbocycles. The second-order valence-electron chi connectivity index (χ2n) is 6.29. The second kappa shape index (κ2) is 7.46. The van der Waals surface area contributed by atoms with Gasteiger partial charge in [0.1, 0.15) is 0 Å². The monoisotopic (exact) mass is 356 g/mol.